The van der Waals surface area contributed by atoms with Crippen molar-refractivity contribution >= 4 is 55.8 Å². The molecule has 0 aromatic carbocycles. The lowest BCUT2D eigenvalue weighted by Crippen LogP contribution is -2.46. The summed E-state index contributed by atoms with van der Waals surface area (Å²) < 4.78 is 42.1. The average molecular weight is 456 g/mol. The zero-order valence-corrected chi connectivity index (χ0v) is 19.0. The maximum Gasteiger partial charge on any atom is 0.296 e. The summed E-state index contributed by atoms with van der Waals surface area (Å²) in [4.78, 5) is 9.47. The third-order valence-corrected chi connectivity index (χ3v) is 8.46. The number of anilines is 1. The fraction of sp³-hybridized carbons (Fsp3) is 0.500. The Bertz CT molecular complexity index is 1160. The summed E-state index contributed by atoms with van der Waals surface area (Å²) >= 11 is 6.42. The summed E-state index contributed by atoms with van der Waals surface area (Å²) in [5, 5.41) is -0.225. The van der Waals surface area contributed by atoms with Crippen molar-refractivity contribution < 1.29 is 12.6 Å². The van der Waals surface area contributed by atoms with Gasteiger partial charge in [-0.15, -0.1) is 4.98 Å². The quantitative estimate of drug-likeness (QED) is 0.524. The largest absolute Gasteiger partial charge is 0.359 e. The molecule has 0 bridgehead atoms. The smallest absolute Gasteiger partial charge is 0.296 e. The normalized spacial score (nSPS) is 20.8. The highest BCUT2D eigenvalue weighted by Gasteiger charge is 2.32. The van der Waals surface area contributed by atoms with Gasteiger partial charge in [-0.1, -0.05) is 18.2 Å². The Morgan fingerprint density at radius 3 is 2.72 bits per heavy atom. The highest BCUT2D eigenvalue weighted by Crippen LogP contribution is 2.34. The van der Waals surface area contributed by atoms with Crippen molar-refractivity contribution in [3.05, 3.63) is 34.4 Å². The van der Waals surface area contributed by atoms with Gasteiger partial charge in [0.15, 0.2) is 16.2 Å². The number of fused-ring (bicyclic) bond motifs is 1. The third kappa shape index (κ3) is 4.17. The van der Waals surface area contributed by atoms with E-state index in [1.807, 2.05) is 25.7 Å². The molecule has 3 heterocycles. The summed E-state index contributed by atoms with van der Waals surface area (Å²) in [6.07, 6.45) is 2.99. The van der Waals surface area contributed by atoms with Crippen LogP contribution in [0.4, 0.5) is 11.6 Å². The van der Waals surface area contributed by atoms with Gasteiger partial charge in [-0.2, -0.15) is 4.40 Å². The number of rotatable bonds is 3. The first kappa shape index (κ1) is 21.7. The van der Waals surface area contributed by atoms with Crippen LogP contribution in [-0.4, -0.2) is 57.1 Å². The van der Waals surface area contributed by atoms with Crippen LogP contribution >= 0.6 is 11.6 Å². The molecule has 2 atom stereocenters. The molecule has 0 radical (unpaired) electrons. The molecule has 0 aliphatic carbocycles. The van der Waals surface area contributed by atoms with Crippen molar-refractivity contribution in [3.8, 4) is 0 Å². The first-order valence-corrected chi connectivity index (χ1v) is 12.2. The number of sulfone groups is 1. The number of hydrogen-bond acceptors (Lipinski definition) is 5. The molecule has 0 saturated carbocycles. The van der Waals surface area contributed by atoms with Crippen LogP contribution in [0.5, 0.6) is 0 Å². The molecule has 0 spiro atoms. The van der Waals surface area contributed by atoms with E-state index in [1.165, 1.54) is 12.5 Å². The fourth-order valence-corrected chi connectivity index (χ4v) is 5.15. The Labute approximate surface area is 177 Å². The van der Waals surface area contributed by atoms with E-state index >= 15 is 0 Å². The highest BCUT2D eigenvalue weighted by atomic mass is 35.5. The molecule has 0 amide bonds. The average Bonchev–Trinajstić information content (AvgIpc) is 3.06. The van der Waals surface area contributed by atoms with Crippen LogP contribution in [0.3, 0.4) is 0 Å². The van der Waals surface area contributed by atoms with E-state index in [0.717, 1.165) is 0 Å². The molecular formula is C18H22ClN5O3S2. The Morgan fingerprint density at radius 2 is 2.14 bits per heavy atom. The first-order valence-electron chi connectivity index (χ1n) is 8.95. The predicted octanol–water partition coefficient (Wildman–Crippen LogP) is 3.04. The van der Waals surface area contributed by atoms with E-state index in [4.69, 9.17) is 18.2 Å². The topological polar surface area (TPSA) is 88.5 Å². The number of nitrogens with zero attached hydrogens (tertiary/aromatic N) is 5. The zero-order chi connectivity index (χ0) is 21.6. The number of aromatic nitrogens is 2. The maximum atomic E-state index is 12.4. The van der Waals surface area contributed by atoms with Crippen LogP contribution in [0.15, 0.2) is 16.8 Å². The molecule has 2 unspecified atom stereocenters. The van der Waals surface area contributed by atoms with Gasteiger partial charge in [0.1, 0.15) is 16.8 Å². The summed E-state index contributed by atoms with van der Waals surface area (Å²) in [7, 11) is -4.61. The molecule has 2 aromatic heterocycles. The second-order valence-electron chi connectivity index (χ2n) is 7.89. The Balaban J connectivity index is 2.18. The lowest BCUT2D eigenvalue weighted by Gasteiger charge is -2.34. The van der Waals surface area contributed by atoms with Crippen molar-refractivity contribution in [1.82, 2.24) is 9.38 Å². The summed E-state index contributed by atoms with van der Waals surface area (Å²) in [5.41, 5.74) is 1.03. The van der Waals surface area contributed by atoms with Crippen molar-refractivity contribution in [3.63, 3.8) is 0 Å². The second-order valence-corrected chi connectivity index (χ2v) is 12.8. The lowest BCUT2D eigenvalue weighted by atomic mass is 10.2. The predicted molar refractivity (Wildman–Crippen MR) is 117 cm³/mol. The maximum absolute atomic E-state index is 12.4. The number of hydrogen-bond donors (Lipinski definition) is 0. The molecular weight excluding hydrogens is 434 g/mol. The van der Waals surface area contributed by atoms with Gasteiger partial charge in [0, 0.05) is 24.9 Å². The van der Waals surface area contributed by atoms with Gasteiger partial charge in [0.05, 0.1) is 26.3 Å². The second kappa shape index (κ2) is 7.70. The Morgan fingerprint density at radius 1 is 1.45 bits per heavy atom. The standard InChI is InChI=1S/C18H22ClN5O3S2/c1-12-10-23(6-7-29(12,26)27)17-13(9-22-28(25)18(2,3)4)8-14(19)15-16(20-5)21-11-24(15)17/h8-9,11-12H,6-7,10H2,1-4H3. The van der Waals surface area contributed by atoms with Gasteiger partial charge < -0.3 is 9.74 Å². The molecule has 11 heteroatoms. The van der Waals surface area contributed by atoms with E-state index in [-0.39, 0.29) is 24.7 Å². The fourth-order valence-electron chi connectivity index (χ4n) is 3.05. The van der Waals surface area contributed by atoms with Crippen molar-refractivity contribution in [2.45, 2.75) is 37.7 Å². The summed E-state index contributed by atoms with van der Waals surface area (Å²) in [6.45, 7) is 15.1. The van der Waals surface area contributed by atoms with Gasteiger partial charge in [0.25, 0.3) is 5.82 Å². The lowest BCUT2D eigenvalue weighted by molar-refractivity contribution is 0.568. The van der Waals surface area contributed by atoms with Crippen LogP contribution in [0.25, 0.3) is 10.4 Å². The van der Waals surface area contributed by atoms with Crippen molar-refractivity contribution in [2.24, 2.45) is 4.40 Å². The number of imidazole rings is 1. The van der Waals surface area contributed by atoms with Gasteiger partial charge in [-0.3, -0.25) is 4.40 Å². The van der Waals surface area contributed by atoms with Crippen LogP contribution in [0, 0.1) is 6.57 Å². The minimum Gasteiger partial charge on any atom is -0.359 e. The molecule has 2 aromatic rings. The molecule has 29 heavy (non-hydrogen) atoms. The van der Waals surface area contributed by atoms with E-state index in [9.17, 15) is 12.6 Å². The molecule has 3 rings (SSSR count). The summed E-state index contributed by atoms with van der Waals surface area (Å²) in [5.74, 6) is 0.812. The molecule has 1 aliphatic heterocycles. The van der Waals surface area contributed by atoms with E-state index < -0.39 is 30.8 Å². The first-order chi connectivity index (χ1) is 13.5. The van der Waals surface area contributed by atoms with Crippen LogP contribution < -0.4 is 4.90 Å². The Kier molecular flexibility index (Phi) is 5.77. The Hall–Kier alpha value is -1.96. The van der Waals surface area contributed by atoms with Gasteiger partial charge >= 0.3 is 0 Å². The summed E-state index contributed by atoms with van der Waals surface area (Å²) in [6, 6.07) is 1.65. The minimum atomic E-state index is -3.14. The molecule has 1 saturated heterocycles. The SMILES string of the molecule is [C-]#[N+]c1ncn2c(N3CCS(=O)(=O)C(C)C3)c(C=NS(=O)C(C)(C)C)cc(Cl)c12. The number of pyridine rings is 1. The van der Waals surface area contributed by atoms with Gasteiger partial charge in [0.2, 0.25) is 0 Å². The molecule has 1 aliphatic rings. The highest BCUT2D eigenvalue weighted by molar-refractivity contribution is 7.92. The van der Waals surface area contributed by atoms with E-state index in [1.54, 1.807) is 17.4 Å². The molecule has 1 fully saturated rings. The van der Waals surface area contributed by atoms with Gasteiger partial charge in [-0.25, -0.2) is 12.6 Å². The van der Waals surface area contributed by atoms with Gasteiger partial charge in [-0.05, 0) is 33.8 Å². The zero-order valence-electron chi connectivity index (χ0n) is 16.6. The van der Waals surface area contributed by atoms with Crippen LogP contribution in [-0.2, 0) is 20.8 Å². The third-order valence-electron chi connectivity index (χ3n) is 4.70. The van der Waals surface area contributed by atoms with Crippen molar-refractivity contribution in [2.75, 3.05) is 23.7 Å². The monoisotopic (exact) mass is 455 g/mol. The molecule has 8 nitrogen and oxygen atoms in total. The van der Waals surface area contributed by atoms with Crippen molar-refractivity contribution in [1.29, 1.82) is 0 Å². The molecule has 156 valence electrons. The van der Waals surface area contributed by atoms with Crippen LogP contribution in [0.1, 0.15) is 33.3 Å². The van der Waals surface area contributed by atoms with Crippen LogP contribution in [0.2, 0.25) is 5.02 Å². The molecule has 0 N–H and O–H groups in total. The van der Waals surface area contributed by atoms with E-state index in [2.05, 4.69) is 14.2 Å². The number of halogens is 1. The van der Waals surface area contributed by atoms with E-state index in [0.29, 0.717) is 21.9 Å². The minimum absolute atomic E-state index is 0.0210.